The van der Waals surface area contributed by atoms with Gasteiger partial charge in [0.15, 0.2) is 0 Å². The molecule has 0 spiro atoms. The summed E-state index contributed by atoms with van der Waals surface area (Å²) in [4.78, 5) is 6.96. The third kappa shape index (κ3) is 1.48. The number of H-pyrrole nitrogens is 1. The van der Waals surface area contributed by atoms with Crippen LogP contribution in [0.2, 0.25) is 0 Å². The summed E-state index contributed by atoms with van der Waals surface area (Å²) in [6.07, 6.45) is 1.85. The molecule has 3 heterocycles. The minimum absolute atomic E-state index is 0.391. The topological polar surface area (TPSA) is 44.8 Å². The van der Waals surface area contributed by atoms with E-state index in [1.807, 2.05) is 12.3 Å². The predicted molar refractivity (Wildman–Crippen MR) is 80.6 cm³/mol. The third-order valence-electron chi connectivity index (χ3n) is 3.96. The molecule has 20 heavy (non-hydrogen) atoms. The Hall–Kier alpha value is -2.36. The second-order valence-corrected chi connectivity index (χ2v) is 5.51. The molecule has 2 aromatic heterocycles. The van der Waals surface area contributed by atoms with Gasteiger partial charge in [0.1, 0.15) is 11.5 Å². The quantitative estimate of drug-likeness (QED) is 0.733. The van der Waals surface area contributed by atoms with Crippen molar-refractivity contribution < 1.29 is 0 Å². The lowest BCUT2D eigenvalue weighted by atomic mass is 10.0. The predicted octanol–water partition coefficient (Wildman–Crippen LogP) is 3.35. The number of nitrogens with one attached hydrogen (secondary N) is 1. The van der Waals surface area contributed by atoms with Crippen molar-refractivity contribution in [3.63, 3.8) is 0 Å². The number of anilines is 1. The molecule has 0 aliphatic carbocycles. The molecule has 1 aliphatic rings. The van der Waals surface area contributed by atoms with Gasteiger partial charge < -0.3 is 4.90 Å². The molecular formula is C16H16N4. The third-order valence-corrected chi connectivity index (χ3v) is 3.96. The van der Waals surface area contributed by atoms with E-state index in [-0.39, 0.29) is 0 Å². The SMILES string of the molecule is CC(C)N1Cc2ccccc2-c2n[nH]c3ccnc1c23. The Bertz CT molecular complexity index is 788. The standard InChI is InChI=1S/C16H16N4/c1-10(2)20-9-11-5-3-4-6-12(11)15-14-13(18-19-15)7-8-17-16(14)20/h3-8,10H,9H2,1-2H3,(H,18,19). The number of fused-ring (bicyclic) bond motifs is 2. The van der Waals surface area contributed by atoms with Crippen LogP contribution in [-0.2, 0) is 6.54 Å². The van der Waals surface area contributed by atoms with E-state index in [2.05, 4.69) is 58.2 Å². The van der Waals surface area contributed by atoms with E-state index in [1.54, 1.807) is 0 Å². The van der Waals surface area contributed by atoms with Crippen molar-refractivity contribution in [3.8, 4) is 11.3 Å². The molecule has 100 valence electrons. The van der Waals surface area contributed by atoms with Crippen LogP contribution in [-0.4, -0.2) is 21.2 Å². The van der Waals surface area contributed by atoms with Gasteiger partial charge in [-0.05, 0) is 25.5 Å². The Morgan fingerprint density at radius 3 is 2.90 bits per heavy atom. The Labute approximate surface area is 117 Å². The lowest BCUT2D eigenvalue weighted by Crippen LogP contribution is -2.30. The summed E-state index contributed by atoms with van der Waals surface area (Å²) in [5.41, 5.74) is 4.57. The highest BCUT2D eigenvalue weighted by Gasteiger charge is 2.25. The highest BCUT2D eigenvalue weighted by molar-refractivity contribution is 6.02. The summed E-state index contributed by atoms with van der Waals surface area (Å²) in [6, 6.07) is 10.9. The van der Waals surface area contributed by atoms with Crippen molar-refractivity contribution in [1.29, 1.82) is 0 Å². The first kappa shape index (κ1) is 11.5. The van der Waals surface area contributed by atoms with Crippen molar-refractivity contribution >= 4 is 16.7 Å². The molecule has 4 nitrogen and oxygen atoms in total. The zero-order valence-corrected chi connectivity index (χ0v) is 11.6. The Morgan fingerprint density at radius 2 is 2.05 bits per heavy atom. The monoisotopic (exact) mass is 264 g/mol. The molecule has 1 aromatic carbocycles. The van der Waals surface area contributed by atoms with E-state index in [4.69, 9.17) is 0 Å². The fourth-order valence-electron chi connectivity index (χ4n) is 2.94. The second kappa shape index (κ2) is 4.07. The van der Waals surface area contributed by atoms with Gasteiger partial charge in [-0.15, -0.1) is 0 Å². The highest BCUT2D eigenvalue weighted by Crippen LogP contribution is 2.38. The normalized spacial score (nSPS) is 13.7. The molecule has 0 amide bonds. The van der Waals surface area contributed by atoms with Gasteiger partial charge in [-0.3, -0.25) is 5.10 Å². The molecule has 1 N–H and O–H groups in total. The molecule has 0 bridgehead atoms. The molecule has 4 rings (SSSR count). The molecule has 0 unspecified atom stereocenters. The van der Waals surface area contributed by atoms with Crippen LogP contribution in [0.1, 0.15) is 19.4 Å². The number of aromatic amines is 1. The molecular weight excluding hydrogens is 248 g/mol. The summed E-state index contributed by atoms with van der Waals surface area (Å²) < 4.78 is 0. The molecule has 0 fully saturated rings. The average Bonchev–Trinajstić information content (AvgIpc) is 2.82. The maximum atomic E-state index is 4.62. The number of hydrogen-bond donors (Lipinski definition) is 1. The maximum absolute atomic E-state index is 4.62. The largest absolute Gasteiger partial charge is 0.349 e. The summed E-state index contributed by atoms with van der Waals surface area (Å²) >= 11 is 0. The van der Waals surface area contributed by atoms with Gasteiger partial charge in [-0.2, -0.15) is 5.10 Å². The van der Waals surface area contributed by atoms with Crippen LogP contribution in [0.15, 0.2) is 36.5 Å². The van der Waals surface area contributed by atoms with E-state index in [9.17, 15) is 0 Å². The average molecular weight is 264 g/mol. The van der Waals surface area contributed by atoms with Crippen molar-refractivity contribution in [2.45, 2.75) is 26.4 Å². The summed E-state index contributed by atoms with van der Waals surface area (Å²) in [5.74, 6) is 1.03. The van der Waals surface area contributed by atoms with Gasteiger partial charge >= 0.3 is 0 Å². The van der Waals surface area contributed by atoms with Gasteiger partial charge in [0, 0.05) is 24.3 Å². The van der Waals surface area contributed by atoms with Crippen LogP contribution in [0.4, 0.5) is 5.82 Å². The molecule has 3 aromatic rings. The number of rotatable bonds is 1. The van der Waals surface area contributed by atoms with Gasteiger partial charge in [-0.1, -0.05) is 24.3 Å². The van der Waals surface area contributed by atoms with Gasteiger partial charge in [0.2, 0.25) is 0 Å². The smallest absolute Gasteiger partial charge is 0.140 e. The van der Waals surface area contributed by atoms with Crippen LogP contribution in [0, 0.1) is 0 Å². The van der Waals surface area contributed by atoms with Crippen LogP contribution < -0.4 is 4.90 Å². The highest BCUT2D eigenvalue weighted by atomic mass is 15.2. The fraction of sp³-hybridized carbons (Fsp3) is 0.250. The first-order chi connectivity index (χ1) is 9.75. The first-order valence-corrected chi connectivity index (χ1v) is 6.93. The Balaban J connectivity index is 2.12. The summed E-state index contributed by atoms with van der Waals surface area (Å²) in [7, 11) is 0. The summed E-state index contributed by atoms with van der Waals surface area (Å²) in [6.45, 7) is 5.28. The van der Waals surface area contributed by atoms with Crippen LogP contribution in [0.3, 0.4) is 0 Å². The zero-order chi connectivity index (χ0) is 13.7. The van der Waals surface area contributed by atoms with E-state index >= 15 is 0 Å². The number of aromatic nitrogens is 3. The first-order valence-electron chi connectivity index (χ1n) is 6.93. The van der Waals surface area contributed by atoms with Crippen LogP contribution >= 0.6 is 0 Å². The minimum atomic E-state index is 0.391. The Kier molecular flexibility index (Phi) is 2.33. The maximum Gasteiger partial charge on any atom is 0.140 e. The van der Waals surface area contributed by atoms with Crippen molar-refractivity contribution in [2.75, 3.05) is 4.90 Å². The lowest BCUT2D eigenvalue weighted by molar-refractivity contribution is 0.677. The van der Waals surface area contributed by atoms with Crippen molar-refractivity contribution in [3.05, 3.63) is 42.1 Å². The van der Waals surface area contributed by atoms with Crippen LogP contribution in [0.5, 0.6) is 0 Å². The molecule has 4 heteroatoms. The second-order valence-electron chi connectivity index (χ2n) is 5.51. The van der Waals surface area contributed by atoms with Gasteiger partial charge in [-0.25, -0.2) is 4.98 Å². The molecule has 0 atom stereocenters. The number of nitrogens with zero attached hydrogens (tertiary/aromatic N) is 3. The van der Waals surface area contributed by atoms with E-state index in [0.29, 0.717) is 6.04 Å². The van der Waals surface area contributed by atoms with Crippen LogP contribution in [0.25, 0.3) is 22.2 Å². The Morgan fingerprint density at radius 1 is 1.20 bits per heavy atom. The van der Waals surface area contributed by atoms with E-state index in [1.165, 1.54) is 11.1 Å². The van der Waals surface area contributed by atoms with E-state index < -0.39 is 0 Å². The number of benzene rings is 1. The number of hydrogen-bond acceptors (Lipinski definition) is 3. The minimum Gasteiger partial charge on any atom is -0.349 e. The molecule has 0 saturated carbocycles. The molecule has 1 aliphatic heterocycles. The zero-order valence-electron chi connectivity index (χ0n) is 11.6. The van der Waals surface area contributed by atoms with E-state index in [0.717, 1.165) is 29.0 Å². The van der Waals surface area contributed by atoms with Gasteiger partial charge in [0.05, 0.1) is 10.9 Å². The van der Waals surface area contributed by atoms with Crippen molar-refractivity contribution in [1.82, 2.24) is 15.2 Å². The summed E-state index contributed by atoms with van der Waals surface area (Å²) in [5, 5.41) is 8.79. The van der Waals surface area contributed by atoms with Gasteiger partial charge in [0.25, 0.3) is 0 Å². The molecule has 0 saturated heterocycles. The van der Waals surface area contributed by atoms with Crippen molar-refractivity contribution in [2.24, 2.45) is 0 Å². The lowest BCUT2D eigenvalue weighted by Gasteiger charge is -2.27. The fourth-order valence-corrected chi connectivity index (χ4v) is 2.94. The molecule has 0 radical (unpaired) electrons. The number of pyridine rings is 1.